The van der Waals surface area contributed by atoms with E-state index in [-0.39, 0.29) is 32.7 Å². The van der Waals surface area contributed by atoms with E-state index >= 15 is 0 Å². The fourth-order valence-corrected chi connectivity index (χ4v) is 3.74. The van der Waals surface area contributed by atoms with Crippen molar-refractivity contribution in [3.8, 4) is 22.4 Å². The number of halogens is 1. The molecule has 12 heteroatoms. The molecule has 0 bridgehead atoms. The smallest absolute Gasteiger partial charge is 0.175 e. The summed E-state index contributed by atoms with van der Waals surface area (Å²) in [6.07, 6.45) is 2.53. The van der Waals surface area contributed by atoms with Gasteiger partial charge in [0.05, 0.1) is 39.2 Å². The Balaban J connectivity index is 2.26. The van der Waals surface area contributed by atoms with Crippen molar-refractivity contribution in [3.63, 3.8) is 0 Å². The minimum Gasteiger partial charge on any atom is -0.271 e. The maximum atomic E-state index is 11.7. The topological polar surface area (TPSA) is 59.9 Å². The first-order valence-electron chi connectivity index (χ1n) is 8.48. The van der Waals surface area contributed by atoms with Crippen LogP contribution >= 0.6 is 11.6 Å². The Labute approximate surface area is 189 Å². The highest BCUT2D eigenvalue weighted by Gasteiger charge is 2.22. The van der Waals surface area contributed by atoms with E-state index in [0.29, 0.717) is 21.8 Å². The molecule has 0 fully saturated rings. The molecule has 3 rings (SSSR count). The highest BCUT2D eigenvalue weighted by molar-refractivity contribution is 7.90. The van der Waals surface area contributed by atoms with Crippen molar-refractivity contribution in [3.05, 3.63) is 47.2 Å². The van der Waals surface area contributed by atoms with Gasteiger partial charge in [0.15, 0.2) is 9.84 Å². The fourth-order valence-electron chi connectivity index (χ4n) is 2.96. The van der Waals surface area contributed by atoms with Crippen LogP contribution in [0.1, 0.15) is 5.69 Å². The number of rotatable bonds is 4. The minimum absolute atomic E-state index is 0.0261. The zero-order chi connectivity index (χ0) is 22.4. The molecule has 0 saturated carbocycles. The molecule has 134 valence electrons. The second-order valence-electron chi connectivity index (χ2n) is 6.83. The van der Waals surface area contributed by atoms with E-state index in [4.69, 9.17) is 58.7 Å². The van der Waals surface area contributed by atoms with Crippen LogP contribution in [0, 0.1) is 0 Å². The third-order valence-electron chi connectivity index (χ3n) is 4.40. The van der Waals surface area contributed by atoms with Crippen molar-refractivity contribution in [2.75, 3.05) is 6.26 Å². The Morgan fingerprint density at radius 1 is 1.00 bits per heavy atom. The quantitative estimate of drug-likeness (QED) is 0.504. The van der Waals surface area contributed by atoms with Crippen LogP contribution in [0.15, 0.2) is 41.4 Å². The molecular weight excluding hydrogens is 409 g/mol. The average Bonchev–Trinajstić information content (AvgIpc) is 2.64. The molecular formula is C18H9B6ClN2O2S. The number of benzene rings is 1. The van der Waals surface area contributed by atoms with Gasteiger partial charge in [-0.05, 0) is 29.4 Å². The molecule has 2 heterocycles. The zero-order valence-corrected chi connectivity index (χ0v) is 17.5. The van der Waals surface area contributed by atoms with Gasteiger partial charge in [0, 0.05) is 29.3 Å². The van der Waals surface area contributed by atoms with E-state index < -0.39 is 15.0 Å². The van der Waals surface area contributed by atoms with E-state index in [0.717, 1.165) is 6.26 Å². The van der Waals surface area contributed by atoms with E-state index in [1.165, 1.54) is 18.3 Å². The first kappa shape index (κ1) is 22.8. The monoisotopic (exact) mass is 418 g/mol. The van der Waals surface area contributed by atoms with Gasteiger partial charge in [0.1, 0.15) is 23.5 Å². The maximum Gasteiger partial charge on any atom is 0.175 e. The molecule has 0 saturated heterocycles. The van der Waals surface area contributed by atoms with Gasteiger partial charge in [0.2, 0.25) is 0 Å². The summed E-state index contributed by atoms with van der Waals surface area (Å²) in [4.78, 5) is 8.65. The highest BCUT2D eigenvalue weighted by Crippen LogP contribution is 2.31. The fraction of sp³-hybridized carbons (Fsp3) is 0.111. The largest absolute Gasteiger partial charge is 0.271 e. The number of hydrogen-bond donors (Lipinski definition) is 0. The zero-order valence-electron chi connectivity index (χ0n) is 15.9. The standard InChI is InChI=1S/C18H9B6ClN2O2S/c1-30(28,29)10-4-2-8(3-5-10)11-6-9(25)7-26-15(11)12-13(19)14(20)16(18(22,23)24)27-17(12)21/h2-7H,1H3. The van der Waals surface area contributed by atoms with E-state index in [1.807, 2.05) is 0 Å². The highest BCUT2D eigenvalue weighted by atomic mass is 35.5. The van der Waals surface area contributed by atoms with Gasteiger partial charge in [-0.3, -0.25) is 9.97 Å². The third-order valence-corrected chi connectivity index (χ3v) is 5.73. The Morgan fingerprint density at radius 3 is 2.13 bits per heavy atom. The predicted octanol–water partition coefficient (Wildman–Crippen LogP) is -1.14. The van der Waals surface area contributed by atoms with Crippen molar-refractivity contribution in [1.29, 1.82) is 0 Å². The Hall–Kier alpha value is -1.85. The molecule has 1 aromatic carbocycles. The second kappa shape index (κ2) is 8.01. The first-order chi connectivity index (χ1) is 13.8. The molecule has 3 aromatic rings. The SMILES string of the molecule is [B]c1nc(C([B])([B])[B])c([B])c([B])c1-c1ncc(Cl)cc1-c1ccc(S(C)(=O)=O)cc1. The molecule has 0 aliphatic heterocycles. The molecule has 12 radical (unpaired) electrons. The van der Waals surface area contributed by atoms with Crippen LogP contribution in [0.4, 0.5) is 0 Å². The van der Waals surface area contributed by atoms with Crippen LogP contribution in [0.5, 0.6) is 0 Å². The van der Waals surface area contributed by atoms with E-state index in [9.17, 15) is 8.42 Å². The summed E-state index contributed by atoms with van der Waals surface area (Å²) in [6, 6.07) is 7.83. The summed E-state index contributed by atoms with van der Waals surface area (Å²) in [5.41, 5.74) is 1.67. The number of aromatic nitrogens is 2. The normalized spacial score (nSPS) is 12.1. The van der Waals surface area contributed by atoms with Crippen LogP contribution in [0.2, 0.25) is 5.02 Å². The van der Waals surface area contributed by atoms with Gasteiger partial charge in [0.25, 0.3) is 0 Å². The number of pyridine rings is 2. The van der Waals surface area contributed by atoms with Gasteiger partial charge in [-0.2, -0.15) is 0 Å². The van der Waals surface area contributed by atoms with Crippen molar-refractivity contribution >= 4 is 85.0 Å². The molecule has 0 aliphatic rings. The number of hydrogen-bond acceptors (Lipinski definition) is 4. The lowest BCUT2D eigenvalue weighted by Crippen LogP contribution is -2.46. The molecule has 0 atom stereocenters. The third kappa shape index (κ3) is 4.42. The molecule has 0 amide bonds. The summed E-state index contributed by atoms with van der Waals surface area (Å²) >= 11 is 6.14. The van der Waals surface area contributed by atoms with Crippen molar-refractivity contribution in [2.24, 2.45) is 0 Å². The predicted molar refractivity (Wildman–Crippen MR) is 126 cm³/mol. The van der Waals surface area contributed by atoms with Gasteiger partial charge >= 0.3 is 0 Å². The van der Waals surface area contributed by atoms with Crippen molar-refractivity contribution in [2.45, 2.75) is 10.0 Å². The van der Waals surface area contributed by atoms with E-state index in [1.54, 1.807) is 18.2 Å². The molecule has 4 nitrogen and oxygen atoms in total. The summed E-state index contributed by atoms with van der Waals surface area (Å²) < 4.78 is 23.5. The number of nitrogens with zero attached hydrogens (tertiary/aromatic N) is 2. The Bertz CT molecular complexity index is 1250. The van der Waals surface area contributed by atoms with Crippen LogP contribution in [-0.2, 0) is 15.0 Å². The summed E-state index contributed by atoms with van der Waals surface area (Å²) in [7, 11) is 32.1. The lowest BCUT2D eigenvalue weighted by molar-refractivity contribution is 0.602. The average molecular weight is 418 g/mol. The van der Waals surface area contributed by atoms with Crippen LogP contribution in [0.25, 0.3) is 22.4 Å². The second-order valence-corrected chi connectivity index (χ2v) is 9.28. The van der Waals surface area contributed by atoms with Gasteiger partial charge in [-0.25, -0.2) is 8.42 Å². The molecule has 0 spiro atoms. The molecule has 0 N–H and O–H groups in total. The summed E-state index contributed by atoms with van der Waals surface area (Å²) in [6.45, 7) is 0. The van der Waals surface area contributed by atoms with Crippen LogP contribution < -0.4 is 16.5 Å². The minimum atomic E-state index is -3.35. The van der Waals surface area contributed by atoms with Gasteiger partial charge in [-0.15, -0.1) is 0 Å². The van der Waals surface area contributed by atoms with E-state index in [2.05, 4.69) is 9.97 Å². The molecule has 30 heavy (non-hydrogen) atoms. The van der Waals surface area contributed by atoms with Crippen LogP contribution in [-0.4, -0.2) is 71.7 Å². The number of sulfone groups is 1. The van der Waals surface area contributed by atoms with Crippen molar-refractivity contribution < 1.29 is 8.42 Å². The Kier molecular flexibility index (Phi) is 6.09. The van der Waals surface area contributed by atoms with Crippen LogP contribution in [0.3, 0.4) is 0 Å². The Morgan fingerprint density at radius 2 is 1.60 bits per heavy atom. The lowest BCUT2D eigenvalue weighted by atomic mass is 9.40. The molecule has 0 unspecified atom stereocenters. The molecule has 0 aliphatic carbocycles. The first-order valence-corrected chi connectivity index (χ1v) is 10.8. The van der Waals surface area contributed by atoms with Crippen molar-refractivity contribution in [1.82, 2.24) is 9.97 Å². The molecule has 2 aromatic heterocycles. The summed E-state index contributed by atoms with van der Waals surface area (Å²) in [5.74, 6) is 0. The van der Waals surface area contributed by atoms with Gasteiger partial charge in [-0.1, -0.05) is 39.8 Å². The lowest BCUT2D eigenvalue weighted by Gasteiger charge is -2.27. The van der Waals surface area contributed by atoms with Gasteiger partial charge < -0.3 is 0 Å². The maximum absolute atomic E-state index is 11.7. The summed E-state index contributed by atoms with van der Waals surface area (Å²) in [5, 5.41) is -1.50.